The van der Waals surface area contributed by atoms with Crippen molar-refractivity contribution in [3.8, 4) is 28.7 Å². The van der Waals surface area contributed by atoms with Crippen molar-refractivity contribution in [1.29, 1.82) is 0 Å². The lowest BCUT2D eigenvalue weighted by Crippen LogP contribution is -2.66. The number of hydrogen-bond donors (Lipinski definition) is 7. The minimum absolute atomic E-state index is 0.216. The standard InChI is InChI=1S/C23H22O11/c24-6-17-18(29)19(30)21-23(32-17)31-16-5-11-9-3-13(26)12(25)1-7(9)8-2-14(27)15(28)4-10(8)20(11)33-22(16)34-21/h1-4,16-19,21-30H,5-6H2/t16-,17-,18-,19+,21-,22-,23-/m1/s1. The van der Waals surface area contributed by atoms with Gasteiger partial charge in [-0.05, 0) is 40.4 Å². The summed E-state index contributed by atoms with van der Waals surface area (Å²) < 4.78 is 23.6. The van der Waals surface area contributed by atoms with Gasteiger partial charge >= 0.3 is 0 Å². The van der Waals surface area contributed by atoms with E-state index in [9.17, 15) is 35.7 Å². The Morgan fingerprint density at radius 2 is 1.29 bits per heavy atom. The van der Waals surface area contributed by atoms with Gasteiger partial charge in [-0.3, -0.25) is 0 Å². The molecule has 180 valence electrons. The minimum atomic E-state index is -1.39. The first-order valence-electron chi connectivity index (χ1n) is 10.7. The number of phenolic OH excluding ortho intramolecular Hbond substituents is 4. The summed E-state index contributed by atoms with van der Waals surface area (Å²) >= 11 is 0. The zero-order chi connectivity index (χ0) is 23.9. The average Bonchev–Trinajstić information content (AvgIpc) is 2.82. The predicted octanol–water partition coefficient (Wildman–Crippen LogP) is 0.299. The molecular weight excluding hydrogens is 452 g/mol. The van der Waals surface area contributed by atoms with Crippen molar-refractivity contribution >= 4 is 21.5 Å². The normalized spacial score (nSPS) is 32.6. The molecule has 0 saturated carbocycles. The third kappa shape index (κ3) is 2.99. The number of hydrogen-bond acceptors (Lipinski definition) is 11. The lowest BCUT2D eigenvalue weighted by molar-refractivity contribution is -0.390. The summed E-state index contributed by atoms with van der Waals surface area (Å²) in [6, 6.07) is 5.39. The van der Waals surface area contributed by atoms with Gasteiger partial charge in [0.15, 0.2) is 29.3 Å². The zero-order valence-electron chi connectivity index (χ0n) is 17.5. The highest BCUT2D eigenvalue weighted by atomic mass is 16.8. The van der Waals surface area contributed by atoms with Crippen LogP contribution in [0.3, 0.4) is 0 Å². The largest absolute Gasteiger partial charge is 0.504 e. The second kappa shape index (κ2) is 7.47. The summed E-state index contributed by atoms with van der Waals surface area (Å²) in [5, 5.41) is 72.5. The van der Waals surface area contributed by atoms with E-state index in [1.807, 2.05) is 0 Å². The first-order chi connectivity index (χ1) is 16.3. The molecule has 0 unspecified atom stereocenters. The number of ether oxygens (including phenoxy) is 4. The molecule has 0 spiro atoms. The van der Waals surface area contributed by atoms with Crippen LogP contribution in [-0.2, 0) is 20.6 Å². The Kier molecular flexibility index (Phi) is 4.72. The van der Waals surface area contributed by atoms with Crippen LogP contribution >= 0.6 is 0 Å². The maximum atomic E-state index is 10.5. The fourth-order valence-corrected chi connectivity index (χ4v) is 5.01. The number of benzene rings is 3. The molecule has 11 nitrogen and oxygen atoms in total. The molecule has 0 radical (unpaired) electrons. The summed E-state index contributed by atoms with van der Waals surface area (Å²) in [6.07, 6.45) is -7.47. The van der Waals surface area contributed by atoms with Crippen LogP contribution in [0.15, 0.2) is 24.3 Å². The van der Waals surface area contributed by atoms with Gasteiger partial charge in [-0.1, -0.05) is 0 Å². The van der Waals surface area contributed by atoms with E-state index in [0.29, 0.717) is 32.9 Å². The van der Waals surface area contributed by atoms with E-state index >= 15 is 0 Å². The summed E-state index contributed by atoms with van der Waals surface area (Å²) in [5.41, 5.74) is 0.598. The van der Waals surface area contributed by atoms with Gasteiger partial charge in [0.2, 0.25) is 6.29 Å². The van der Waals surface area contributed by atoms with E-state index in [1.54, 1.807) is 0 Å². The number of aliphatic hydroxyl groups excluding tert-OH is 3. The number of aromatic hydroxyl groups is 4. The Morgan fingerprint density at radius 3 is 1.94 bits per heavy atom. The Morgan fingerprint density at radius 1 is 0.706 bits per heavy atom. The molecule has 0 bridgehead atoms. The van der Waals surface area contributed by atoms with Crippen LogP contribution in [-0.4, -0.2) is 85.5 Å². The van der Waals surface area contributed by atoms with E-state index in [-0.39, 0.29) is 29.4 Å². The number of fused-ring (bicyclic) bond motifs is 8. The van der Waals surface area contributed by atoms with E-state index in [4.69, 9.17) is 18.9 Å². The molecule has 2 fully saturated rings. The summed E-state index contributed by atoms with van der Waals surface area (Å²) in [7, 11) is 0. The smallest absolute Gasteiger partial charge is 0.227 e. The van der Waals surface area contributed by atoms with E-state index in [0.717, 1.165) is 0 Å². The van der Waals surface area contributed by atoms with Crippen molar-refractivity contribution in [2.75, 3.05) is 6.61 Å². The number of rotatable bonds is 1. The molecule has 3 aliphatic heterocycles. The Labute approximate surface area is 191 Å². The van der Waals surface area contributed by atoms with Crippen LogP contribution in [0.1, 0.15) is 5.56 Å². The highest BCUT2D eigenvalue weighted by molar-refractivity contribution is 6.14. The zero-order valence-corrected chi connectivity index (χ0v) is 17.5. The number of aliphatic hydroxyl groups is 3. The van der Waals surface area contributed by atoms with Crippen molar-refractivity contribution < 1.29 is 54.7 Å². The van der Waals surface area contributed by atoms with Crippen LogP contribution in [0, 0.1) is 0 Å². The van der Waals surface area contributed by atoms with Crippen molar-refractivity contribution in [2.24, 2.45) is 0 Å². The summed E-state index contributed by atoms with van der Waals surface area (Å²) in [4.78, 5) is 0. The first kappa shape index (κ1) is 21.5. The van der Waals surface area contributed by atoms with E-state index < -0.39 is 49.7 Å². The second-order valence-electron chi connectivity index (χ2n) is 8.75. The SMILES string of the molecule is OC[C@H]1O[C@H]2O[C@@H]3Cc4c(c5cc(O)c(O)cc5c5cc(O)c(O)cc45)O[C@@H]3O[C@@H]2[C@@H](O)[C@@H]1O. The van der Waals surface area contributed by atoms with Gasteiger partial charge in [-0.2, -0.15) is 0 Å². The monoisotopic (exact) mass is 474 g/mol. The molecule has 0 aliphatic carbocycles. The van der Waals surface area contributed by atoms with Crippen molar-refractivity contribution in [3.63, 3.8) is 0 Å². The molecule has 0 aromatic heterocycles. The molecule has 3 aliphatic rings. The predicted molar refractivity (Wildman–Crippen MR) is 114 cm³/mol. The second-order valence-corrected chi connectivity index (χ2v) is 8.75. The molecule has 0 amide bonds. The minimum Gasteiger partial charge on any atom is -0.504 e. The van der Waals surface area contributed by atoms with Crippen LogP contribution < -0.4 is 4.74 Å². The summed E-state index contributed by atoms with van der Waals surface area (Å²) in [6.45, 7) is -0.520. The van der Waals surface area contributed by atoms with E-state index in [1.165, 1.54) is 24.3 Å². The van der Waals surface area contributed by atoms with Crippen molar-refractivity contribution in [2.45, 2.75) is 49.5 Å². The van der Waals surface area contributed by atoms with Gasteiger partial charge in [0.1, 0.15) is 36.3 Å². The lowest BCUT2D eigenvalue weighted by atomic mass is 9.90. The maximum absolute atomic E-state index is 10.5. The highest BCUT2D eigenvalue weighted by Crippen LogP contribution is 2.49. The van der Waals surface area contributed by atoms with Crippen LogP contribution in [0.25, 0.3) is 21.5 Å². The fraction of sp³-hybridized carbons (Fsp3) is 0.391. The molecule has 6 rings (SSSR count). The van der Waals surface area contributed by atoms with Crippen molar-refractivity contribution in [1.82, 2.24) is 0 Å². The third-order valence-electron chi connectivity index (χ3n) is 6.73. The van der Waals surface area contributed by atoms with Crippen LogP contribution in [0.2, 0.25) is 0 Å². The first-order valence-corrected chi connectivity index (χ1v) is 10.7. The molecule has 3 aromatic carbocycles. The average molecular weight is 474 g/mol. The molecule has 2 saturated heterocycles. The highest BCUT2D eigenvalue weighted by Gasteiger charge is 2.53. The third-order valence-corrected chi connectivity index (χ3v) is 6.73. The Hall–Kier alpha value is -3.06. The van der Waals surface area contributed by atoms with Crippen LogP contribution in [0.4, 0.5) is 0 Å². The maximum Gasteiger partial charge on any atom is 0.227 e. The molecule has 3 aromatic rings. The summed E-state index contributed by atoms with van der Waals surface area (Å²) in [5.74, 6) is -1.14. The number of phenols is 4. The lowest BCUT2D eigenvalue weighted by Gasteiger charge is -2.49. The van der Waals surface area contributed by atoms with Gasteiger partial charge in [0, 0.05) is 17.4 Å². The van der Waals surface area contributed by atoms with Gasteiger partial charge in [0.25, 0.3) is 0 Å². The topological polar surface area (TPSA) is 179 Å². The van der Waals surface area contributed by atoms with Gasteiger partial charge in [-0.15, -0.1) is 0 Å². The quantitative estimate of drug-likeness (QED) is 0.191. The van der Waals surface area contributed by atoms with Crippen molar-refractivity contribution in [3.05, 3.63) is 29.8 Å². The molecule has 11 heteroatoms. The fourth-order valence-electron chi connectivity index (χ4n) is 5.01. The van der Waals surface area contributed by atoms with Gasteiger partial charge < -0.3 is 54.7 Å². The Bertz CT molecular complexity index is 1310. The Balaban J connectivity index is 1.49. The van der Waals surface area contributed by atoms with E-state index in [2.05, 4.69) is 0 Å². The van der Waals surface area contributed by atoms with Gasteiger partial charge in [-0.25, -0.2) is 0 Å². The molecule has 3 heterocycles. The molecule has 7 N–H and O–H groups in total. The molecule has 34 heavy (non-hydrogen) atoms. The van der Waals surface area contributed by atoms with Crippen LogP contribution in [0.5, 0.6) is 28.7 Å². The molecule has 7 atom stereocenters. The van der Waals surface area contributed by atoms with Gasteiger partial charge in [0.05, 0.1) is 6.61 Å². The molecular formula is C23H22O11.